The molecule has 0 aliphatic heterocycles. The van der Waals surface area contributed by atoms with Crippen LogP contribution < -0.4 is 5.32 Å². The van der Waals surface area contributed by atoms with Gasteiger partial charge in [0.15, 0.2) is 4.34 Å². The van der Waals surface area contributed by atoms with Crippen molar-refractivity contribution in [1.29, 1.82) is 0 Å². The Balaban J connectivity index is 1.58. The van der Waals surface area contributed by atoms with Crippen molar-refractivity contribution < 1.29 is 13.6 Å². The van der Waals surface area contributed by atoms with Crippen LogP contribution in [-0.2, 0) is 4.79 Å². The molecular weight excluding hydrogens is 350 g/mol. The number of aromatic nitrogens is 1. The third kappa shape index (κ3) is 4.18. The Morgan fingerprint density at radius 1 is 1.17 bits per heavy atom. The molecule has 0 fully saturated rings. The van der Waals surface area contributed by atoms with Crippen molar-refractivity contribution in [2.45, 2.75) is 4.34 Å². The van der Waals surface area contributed by atoms with E-state index in [4.69, 9.17) is 0 Å². The number of nitrogens with one attached hydrogen (secondary N) is 1. The third-order valence-corrected chi connectivity index (χ3v) is 5.11. The van der Waals surface area contributed by atoms with Gasteiger partial charge in [0.25, 0.3) is 0 Å². The van der Waals surface area contributed by atoms with Crippen LogP contribution in [0.4, 0.5) is 14.5 Å². The number of halogens is 2. The second-order valence-corrected chi connectivity index (χ2v) is 6.91. The van der Waals surface area contributed by atoms with Crippen LogP contribution in [0.1, 0.15) is 0 Å². The standard InChI is InChI=1S/C17H12F2N2OS2/c18-12-6-7-14(13(19)8-12)20-16(22)10-24-17-21-15(9-23-17)11-4-2-1-3-5-11/h1-9H,10H2,(H,20,22). The molecule has 3 nitrogen and oxygen atoms in total. The van der Waals surface area contributed by atoms with Gasteiger partial charge in [-0.05, 0) is 12.1 Å². The SMILES string of the molecule is O=C(CSc1nc(-c2ccccc2)cs1)Nc1ccc(F)cc1F. The van der Waals surface area contributed by atoms with Crippen molar-refractivity contribution in [2.75, 3.05) is 11.1 Å². The van der Waals surface area contributed by atoms with Crippen LogP contribution in [0.15, 0.2) is 58.3 Å². The molecule has 1 amide bonds. The molecule has 0 aliphatic rings. The molecule has 3 aromatic rings. The van der Waals surface area contributed by atoms with Crippen LogP contribution in [0.25, 0.3) is 11.3 Å². The van der Waals surface area contributed by atoms with E-state index < -0.39 is 11.6 Å². The Morgan fingerprint density at radius 3 is 2.71 bits per heavy atom. The Bertz CT molecular complexity index is 853. The van der Waals surface area contributed by atoms with Crippen molar-refractivity contribution in [3.05, 3.63) is 65.5 Å². The van der Waals surface area contributed by atoms with Gasteiger partial charge in [-0.15, -0.1) is 11.3 Å². The fraction of sp³-hybridized carbons (Fsp3) is 0.0588. The van der Waals surface area contributed by atoms with Gasteiger partial charge in [-0.2, -0.15) is 0 Å². The summed E-state index contributed by atoms with van der Waals surface area (Å²) in [7, 11) is 0. The number of hydrogen-bond donors (Lipinski definition) is 1. The summed E-state index contributed by atoms with van der Waals surface area (Å²) in [6.45, 7) is 0. The van der Waals surface area contributed by atoms with Crippen molar-refractivity contribution >= 4 is 34.7 Å². The van der Waals surface area contributed by atoms with Crippen molar-refractivity contribution in [1.82, 2.24) is 4.98 Å². The predicted molar refractivity (Wildman–Crippen MR) is 93.3 cm³/mol. The molecule has 3 rings (SSSR count). The monoisotopic (exact) mass is 362 g/mol. The zero-order valence-electron chi connectivity index (χ0n) is 12.3. The van der Waals surface area contributed by atoms with Crippen LogP contribution in [0, 0.1) is 11.6 Å². The van der Waals surface area contributed by atoms with E-state index in [2.05, 4.69) is 10.3 Å². The van der Waals surface area contributed by atoms with Gasteiger partial charge in [-0.3, -0.25) is 4.79 Å². The molecule has 122 valence electrons. The van der Waals surface area contributed by atoms with Gasteiger partial charge in [0.05, 0.1) is 17.1 Å². The fourth-order valence-corrected chi connectivity index (χ4v) is 3.60. The number of hydrogen-bond acceptors (Lipinski definition) is 4. The number of carbonyl (C=O) groups is 1. The largest absolute Gasteiger partial charge is 0.323 e. The first-order valence-electron chi connectivity index (χ1n) is 7.00. The highest BCUT2D eigenvalue weighted by Gasteiger charge is 2.10. The maximum absolute atomic E-state index is 13.5. The number of amides is 1. The normalized spacial score (nSPS) is 10.6. The zero-order chi connectivity index (χ0) is 16.9. The molecular formula is C17H12F2N2OS2. The number of thiazole rings is 1. The molecule has 0 atom stereocenters. The van der Waals surface area contributed by atoms with Crippen molar-refractivity contribution in [3.8, 4) is 11.3 Å². The number of rotatable bonds is 5. The Labute approximate surface area is 145 Å². The minimum absolute atomic E-state index is 0.0360. The molecule has 0 spiro atoms. The van der Waals surface area contributed by atoms with Gasteiger partial charge in [-0.25, -0.2) is 13.8 Å². The highest BCUT2D eigenvalue weighted by molar-refractivity contribution is 8.01. The summed E-state index contributed by atoms with van der Waals surface area (Å²) in [5, 5.41) is 4.35. The highest BCUT2D eigenvalue weighted by atomic mass is 32.2. The smallest absolute Gasteiger partial charge is 0.234 e. The molecule has 0 aliphatic carbocycles. The topological polar surface area (TPSA) is 42.0 Å². The van der Waals surface area contributed by atoms with Gasteiger partial charge in [-0.1, -0.05) is 42.1 Å². The molecule has 0 saturated heterocycles. The van der Waals surface area contributed by atoms with Gasteiger partial charge in [0.2, 0.25) is 5.91 Å². The van der Waals surface area contributed by atoms with E-state index in [0.29, 0.717) is 0 Å². The predicted octanol–water partition coefficient (Wildman–Crippen LogP) is 4.82. The Kier molecular flexibility index (Phi) is 5.22. The average molecular weight is 362 g/mol. The van der Waals surface area contributed by atoms with Crippen LogP contribution in [0.2, 0.25) is 0 Å². The lowest BCUT2D eigenvalue weighted by Gasteiger charge is -2.05. The van der Waals surface area contributed by atoms with Crippen LogP contribution in [-0.4, -0.2) is 16.6 Å². The lowest BCUT2D eigenvalue weighted by molar-refractivity contribution is -0.113. The lowest BCUT2D eigenvalue weighted by Crippen LogP contribution is -2.15. The molecule has 0 unspecified atom stereocenters. The lowest BCUT2D eigenvalue weighted by atomic mass is 10.2. The van der Waals surface area contributed by atoms with Gasteiger partial charge in [0.1, 0.15) is 11.6 Å². The summed E-state index contributed by atoms with van der Waals surface area (Å²) in [6.07, 6.45) is 0. The second kappa shape index (κ2) is 7.55. The first kappa shape index (κ1) is 16.6. The maximum Gasteiger partial charge on any atom is 0.234 e. The van der Waals surface area contributed by atoms with Crippen molar-refractivity contribution in [2.24, 2.45) is 0 Å². The van der Waals surface area contributed by atoms with Gasteiger partial charge >= 0.3 is 0 Å². The summed E-state index contributed by atoms with van der Waals surface area (Å²) in [6, 6.07) is 12.8. The molecule has 0 bridgehead atoms. The Hall–Kier alpha value is -2.25. The summed E-state index contributed by atoms with van der Waals surface area (Å²) in [5.74, 6) is -1.76. The van der Waals surface area contributed by atoms with E-state index in [1.807, 2.05) is 35.7 Å². The van der Waals surface area contributed by atoms with E-state index in [1.54, 1.807) is 0 Å². The second-order valence-electron chi connectivity index (χ2n) is 4.83. The van der Waals surface area contributed by atoms with E-state index in [-0.39, 0.29) is 17.3 Å². The average Bonchev–Trinajstić information content (AvgIpc) is 3.05. The Morgan fingerprint density at radius 2 is 1.96 bits per heavy atom. The molecule has 1 aromatic heterocycles. The number of nitrogens with zero attached hydrogens (tertiary/aromatic N) is 1. The quantitative estimate of drug-likeness (QED) is 0.662. The number of thioether (sulfide) groups is 1. The highest BCUT2D eigenvalue weighted by Crippen LogP contribution is 2.28. The van der Waals surface area contributed by atoms with Crippen LogP contribution >= 0.6 is 23.1 Å². The molecule has 24 heavy (non-hydrogen) atoms. The van der Waals surface area contributed by atoms with E-state index in [1.165, 1.54) is 29.2 Å². The van der Waals surface area contributed by atoms with E-state index in [0.717, 1.165) is 27.7 Å². The summed E-state index contributed by atoms with van der Waals surface area (Å²) >= 11 is 2.72. The number of benzene rings is 2. The van der Waals surface area contributed by atoms with Gasteiger partial charge < -0.3 is 5.32 Å². The van der Waals surface area contributed by atoms with Gasteiger partial charge in [0, 0.05) is 17.0 Å². The van der Waals surface area contributed by atoms with Crippen LogP contribution in [0.3, 0.4) is 0 Å². The maximum atomic E-state index is 13.5. The van der Waals surface area contributed by atoms with E-state index in [9.17, 15) is 13.6 Å². The minimum Gasteiger partial charge on any atom is -0.323 e. The summed E-state index contributed by atoms with van der Waals surface area (Å²) < 4.78 is 27.1. The molecule has 1 heterocycles. The molecule has 0 saturated carbocycles. The molecule has 2 aromatic carbocycles. The first-order valence-corrected chi connectivity index (χ1v) is 8.87. The minimum atomic E-state index is -0.797. The summed E-state index contributed by atoms with van der Waals surface area (Å²) in [4.78, 5) is 16.4. The zero-order valence-corrected chi connectivity index (χ0v) is 14.0. The number of carbonyl (C=O) groups excluding carboxylic acids is 1. The third-order valence-electron chi connectivity index (χ3n) is 3.08. The van der Waals surface area contributed by atoms with Crippen molar-refractivity contribution in [3.63, 3.8) is 0 Å². The molecule has 0 radical (unpaired) electrons. The molecule has 7 heteroatoms. The first-order chi connectivity index (χ1) is 11.6. The van der Waals surface area contributed by atoms with Crippen LogP contribution in [0.5, 0.6) is 0 Å². The van der Waals surface area contributed by atoms with E-state index >= 15 is 0 Å². The fourth-order valence-electron chi connectivity index (χ4n) is 1.97. The molecule has 1 N–H and O–H groups in total. The summed E-state index contributed by atoms with van der Waals surface area (Å²) in [5.41, 5.74) is 1.83. The number of anilines is 1.